The standard InChI is InChI=1S/C14H17N3O3S/c15-12-7-6-11(21(16,19)20)8-13(12)17-9-14(18)10-4-2-1-3-5-10/h1-8,14,17-18H,9,15H2,(H2,16,19,20). The maximum Gasteiger partial charge on any atom is 0.238 e. The van der Waals surface area contributed by atoms with Crippen LogP contribution in [0.3, 0.4) is 0 Å². The number of nitrogen functional groups attached to an aromatic ring is 1. The van der Waals surface area contributed by atoms with Crippen LogP contribution in [0.15, 0.2) is 53.4 Å². The van der Waals surface area contributed by atoms with Crippen molar-refractivity contribution >= 4 is 21.4 Å². The Morgan fingerprint density at radius 1 is 1.14 bits per heavy atom. The Kier molecular flexibility index (Phi) is 4.46. The molecule has 6 N–H and O–H groups in total. The van der Waals surface area contributed by atoms with E-state index < -0.39 is 16.1 Å². The maximum atomic E-state index is 11.3. The topological polar surface area (TPSA) is 118 Å². The highest BCUT2D eigenvalue weighted by molar-refractivity contribution is 7.89. The highest BCUT2D eigenvalue weighted by atomic mass is 32.2. The molecule has 0 fully saturated rings. The molecular weight excluding hydrogens is 290 g/mol. The molecule has 0 aliphatic rings. The summed E-state index contributed by atoms with van der Waals surface area (Å²) in [6.07, 6.45) is -0.733. The zero-order valence-electron chi connectivity index (χ0n) is 11.2. The fraction of sp³-hybridized carbons (Fsp3) is 0.143. The molecule has 2 aromatic rings. The summed E-state index contributed by atoms with van der Waals surface area (Å²) >= 11 is 0. The van der Waals surface area contributed by atoms with E-state index in [1.165, 1.54) is 18.2 Å². The number of hydrogen-bond acceptors (Lipinski definition) is 5. The molecule has 21 heavy (non-hydrogen) atoms. The molecule has 0 saturated carbocycles. The van der Waals surface area contributed by atoms with E-state index in [1.807, 2.05) is 18.2 Å². The van der Waals surface area contributed by atoms with Gasteiger partial charge in [0.05, 0.1) is 22.4 Å². The van der Waals surface area contributed by atoms with E-state index in [2.05, 4.69) is 5.32 Å². The number of aliphatic hydroxyl groups excluding tert-OH is 1. The molecule has 1 atom stereocenters. The number of aliphatic hydroxyl groups is 1. The Morgan fingerprint density at radius 2 is 1.81 bits per heavy atom. The lowest BCUT2D eigenvalue weighted by atomic mass is 10.1. The van der Waals surface area contributed by atoms with Crippen LogP contribution in [0.5, 0.6) is 0 Å². The first-order valence-corrected chi connectivity index (χ1v) is 7.82. The van der Waals surface area contributed by atoms with Crippen molar-refractivity contribution in [3.8, 4) is 0 Å². The van der Waals surface area contributed by atoms with E-state index >= 15 is 0 Å². The van der Waals surface area contributed by atoms with Crippen molar-refractivity contribution in [2.24, 2.45) is 5.14 Å². The van der Waals surface area contributed by atoms with Crippen LogP contribution in [-0.4, -0.2) is 20.1 Å². The first-order chi connectivity index (χ1) is 9.88. The van der Waals surface area contributed by atoms with Gasteiger partial charge in [-0.2, -0.15) is 0 Å². The molecule has 2 rings (SSSR count). The Bertz CT molecular complexity index is 717. The van der Waals surface area contributed by atoms with Crippen molar-refractivity contribution in [3.05, 3.63) is 54.1 Å². The molecule has 1 unspecified atom stereocenters. The van der Waals surface area contributed by atoms with Crippen molar-refractivity contribution in [2.75, 3.05) is 17.6 Å². The summed E-state index contributed by atoms with van der Waals surface area (Å²) in [5.41, 5.74) is 7.32. The number of sulfonamides is 1. The molecule has 0 spiro atoms. The molecule has 0 radical (unpaired) electrons. The van der Waals surface area contributed by atoms with Gasteiger partial charge < -0.3 is 16.2 Å². The Hall–Kier alpha value is -2.09. The van der Waals surface area contributed by atoms with Gasteiger partial charge in [0.2, 0.25) is 10.0 Å². The Balaban J connectivity index is 2.13. The highest BCUT2D eigenvalue weighted by Gasteiger charge is 2.12. The molecule has 0 aliphatic carbocycles. The van der Waals surface area contributed by atoms with Crippen LogP contribution in [0.2, 0.25) is 0 Å². The minimum absolute atomic E-state index is 0.0339. The molecule has 7 heteroatoms. The number of nitrogens with two attached hydrogens (primary N) is 2. The van der Waals surface area contributed by atoms with Gasteiger partial charge in [-0.25, -0.2) is 13.6 Å². The number of benzene rings is 2. The summed E-state index contributed by atoms with van der Waals surface area (Å²) in [7, 11) is -3.79. The van der Waals surface area contributed by atoms with E-state index in [9.17, 15) is 13.5 Å². The van der Waals surface area contributed by atoms with E-state index in [0.717, 1.165) is 5.56 Å². The van der Waals surface area contributed by atoms with Gasteiger partial charge in [-0.3, -0.25) is 0 Å². The van der Waals surface area contributed by atoms with Crippen LogP contribution in [0.1, 0.15) is 11.7 Å². The van der Waals surface area contributed by atoms with Gasteiger partial charge in [0, 0.05) is 6.54 Å². The average molecular weight is 307 g/mol. The molecule has 0 aliphatic heterocycles. The van der Waals surface area contributed by atoms with Crippen molar-refractivity contribution < 1.29 is 13.5 Å². The molecule has 0 bridgehead atoms. The third kappa shape index (κ3) is 3.94. The summed E-state index contributed by atoms with van der Waals surface area (Å²) in [5.74, 6) is 0. The number of anilines is 2. The molecular formula is C14H17N3O3S. The predicted octanol–water partition coefficient (Wildman–Crippen LogP) is 1.06. The minimum Gasteiger partial charge on any atom is -0.397 e. The molecule has 6 nitrogen and oxygen atoms in total. The summed E-state index contributed by atoms with van der Waals surface area (Å²) in [6.45, 7) is 0.197. The van der Waals surface area contributed by atoms with E-state index in [1.54, 1.807) is 12.1 Å². The number of hydrogen-bond donors (Lipinski definition) is 4. The van der Waals surface area contributed by atoms with Crippen LogP contribution in [0.4, 0.5) is 11.4 Å². The van der Waals surface area contributed by atoms with Crippen LogP contribution in [-0.2, 0) is 10.0 Å². The van der Waals surface area contributed by atoms with E-state index in [0.29, 0.717) is 11.4 Å². The highest BCUT2D eigenvalue weighted by Crippen LogP contribution is 2.23. The summed E-state index contributed by atoms with van der Waals surface area (Å²) in [6, 6.07) is 13.3. The van der Waals surface area contributed by atoms with Crippen molar-refractivity contribution in [1.82, 2.24) is 0 Å². The average Bonchev–Trinajstić information content (AvgIpc) is 2.45. The lowest BCUT2D eigenvalue weighted by molar-refractivity contribution is 0.191. The SMILES string of the molecule is Nc1ccc(S(N)(=O)=O)cc1NCC(O)c1ccccc1. The quantitative estimate of drug-likeness (QED) is 0.616. The second-order valence-electron chi connectivity index (χ2n) is 4.60. The zero-order valence-corrected chi connectivity index (χ0v) is 12.0. The number of nitrogens with one attached hydrogen (secondary N) is 1. The molecule has 112 valence electrons. The normalized spacial score (nSPS) is 12.9. The van der Waals surface area contributed by atoms with Gasteiger partial charge in [-0.1, -0.05) is 30.3 Å². The summed E-state index contributed by atoms with van der Waals surface area (Å²) in [4.78, 5) is -0.0339. The second-order valence-corrected chi connectivity index (χ2v) is 6.16. The smallest absolute Gasteiger partial charge is 0.238 e. The fourth-order valence-electron chi connectivity index (χ4n) is 1.87. The molecule has 0 amide bonds. The van der Waals surface area contributed by atoms with Gasteiger partial charge in [0.15, 0.2) is 0 Å². The summed E-state index contributed by atoms with van der Waals surface area (Å²) < 4.78 is 22.6. The van der Waals surface area contributed by atoms with Gasteiger partial charge in [-0.05, 0) is 23.8 Å². The van der Waals surface area contributed by atoms with Gasteiger partial charge in [-0.15, -0.1) is 0 Å². The zero-order chi connectivity index (χ0) is 15.5. The Morgan fingerprint density at radius 3 is 2.43 bits per heavy atom. The molecule has 2 aromatic carbocycles. The van der Waals surface area contributed by atoms with Crippen LogP contribution in [0.25, 0.3) is 0 Å². The third-order valence-electron chi connectivity index (χ3n) is 3.02. The molecule has 0 saturated heterocycles. The lowest BCUT2D eigenvalue weighted by Gasteiger charge is -2.15. The molecule has 0 aromatic heterocycles. The third-order valence-corrected chi connectivity index (χ3v) is 3.93. The Labute approximate surface area is 123 Å². The van der Waals surface area contributed by atoms with Crippen molar-refractivity contribution in [3.63, 3.8) is 0 Å². The predicted molar refractivity (Wildman–Crippen MR) is 82.1 cm³/mol. The lowest BCUT2D eigenvalue weighted by Crippen LogP contribution is -2.15. The van der Waals surface area contributed by atoms with Crippen LogP contribution >= 0.6 is 0 Å². The summed E-state index contributed by atoms with van der Waals surface area (Å²) in [5, 5.41) is 18.1. The van der Waals surface area contributed by atoms with Gasteiger partial charge in [0.25, 0.3) is 0 Å². The first-order valence-electron chi connectivity index (χ1n) is 6.27. The first kappa shape index (κ1) is 15.3. The van der Waals surface area contributed by atoms with Gasteiger partial charge in [0.1, 0.15) is 0 Å². The van der Waals surface area contributed by atoms with Crippen LogP contribution < -0.4 is 16.2 Å². The van der Waals surface area contributed by atoms with Crippen LogP contribution in [0, 0.1) is 0 Å². The van der Waals surface area contributed by atoms with E-state index in [-0.39, 0.29) is 11.4 Å². The monoisotopic (exact) mass is 307 g/mol. The van der Waals surface area contributed by atoms with E-state index in [4.69, 9.17) is 10.9 Å². The molecule has 0 heterocycles. The fourth-order valence-corrected chi connectivity index (χ4v) is 2.40. The largest absolute Gasteiger partial charge is 0.397 e. The van der Waals surface area contributed by atoms with Gasteiger partial charge >= 0.3 is 0 Å². The second kappa shape index (κ2) is 6.13. The van der Waals surface area contributed by atoms with Crippen molar-refractivity contribution in [2.45, 2.75) is 11.0 Å². The number of rotatable bonds is 5. The van der Waals surface area contributed by atoms with Crippen molar-refractivity contribution in [1.29, 1.82) is 0 Å². The number of primary sulfonamides is 1. The maximum absolute atomic E-state index is 11.3. The minimum atomic E-state index is -3.79.